The molecule has 1 fully saturated rings. The Morgan fingerprint density at radius 1 is 0.944 bits per heavy atom. The molecule has 0 radical (unpaired) electrons. The molecule has 2 heterocycles. The van der Waals surface area contributed by atoms with Crippen molar-refractivity contribution in [2.24, 2.45) is 0 Å². The van der Waals surface area contributed by atoms with Gasteiger partial charge in [0.25, 0.3) is 5.78 Å². The minimum absolute atomic E-state index is 0.0770. The van der Waals surface area contributed by atoms with Crippen molar-refractivity contribution in [1.82, 2.24) is 4.98 Å². The number of Topliss-reactive ketones (excluding diaryl/α,β-unsaturated/α-hetero) is 1. The summed E-state index contributed by atoms with van der Waals surface area (Å²) in [5.41, 5.74) is 1.43. The zero-order valence-electron chi connectivity index (χ0n) is 19.0. The van der Waals surface area contributed by atoms with Crippen molar-refractivity contribution < 1.29 is 24.2 Å². The number of thiazole rings is 1. The van der Waals surface area contributed by atoms with Crippen molar-refractivity contribution in [1.29, 1.82) is 0 Å². The first-order valence-electron chi connectivity index (χ1n) is 10.7. The molecule has 3 aromatic carbocycles. The summed E-state index contributed by atoms with van der Waals surface area (Å²) in [5, 5.41) is 12.5. The monoisotopic (exact) mass is 540 g/mol. The molecule has 7 nitrogen and oxygen atoms in total. The molecule has 5 rings (SSSR count). The molecule has 1 unspecified atom stereocenters. The molecular formula is C26H18Cl2N2O5S. The SMILES string of the molecule is COc1ccc(C2C(=C(O)c3ccc(Cl)cc3)C(=O)C(=O)N2c2nc3ccc(Cl)cc3s2)cc1OC. The first-order chi connectivity index (χ1) is 17.3. The van der Waals surface area contributed by atoms with E-state index >= 15 is 0 Å². The van der Waals surface area contributed by atoms with Crippen LogP contribution in [0.15, 0.2) is 66.2 Å². The molecule has 10 heteroatoms. The predicted octanol–water partition coefficient (Wildman–Crippen LogP) is 6.25. The lowest BCUT2D eigenvalue weighted by atomic mass is 9.95. The van der Waals surface area contributed by atoms with E-state index in [4.69, 9.17) is 32.7 Å². The molecule has 1 amide bonds. The van der Waals surface area contributed by atoms with Gasteiger partial charge in [0.2, 0.25) is 0 Å². The van der Waals surface area contributed by atoms with Crippen LogP contribution in [0, 0.1) is 0 Å². The number of ketones is 1. The molecule has 4 aromatic rings. The zero-order valence-corrected chi connectivity index (χ0v) is 21.3. The molecule has 0 saturated carbocycles. The van der Waals surface area contributed by atoms with Gasteiger partial charge in [-0.3, -0.25) is 14.5 Å². The average Bonchev–Trinajstić information content (AvgIpc) is 3.41. The van der Waals surface area contributed by atoms with E-state index in [1.807, 2.05) is 0 Å². The lowest BCUT2D eigenvalue weighted by Gasteiger charge is -2.23. The van der Waals surface area contributed by atoms with Crippen molar-refractivity contribution in [3.8, 4) is 11.5 Å². The van der Waals surface area contributed by atoms with E-state index in [1.165, 1.54) is 30.5 Å². The Morgan fingerprint density at radius 3 is 2.33 bits per heavy atom. The van der Waals surface area contributed by atoms with Gasteiger partial charge in [0, 0.05) is 15.6 Å². The van der Waals surface area contributed by atoms with Gasteiger partial charge in [-0.15, -0.1) is 0 Å². The maximum Gasteiger partial charge on any atom is 0.301 e. The number of hydrogen-bond donors (Lipinski definition) is 1. The number of amides is 1. The lowest BCUT2D eigenvalue weighted by Crippen LogP contribution is -2.29. The fourth-order valence-electron chi connectivity index (χ4n) is 4.12. The maximum atomic E-state index is 13.4. The number of carbonyl (C=O) groups excluding carboxylic acids is 2. The molecule has 0 aliphatic carbocycles. The fourth-order valence-corrected chi connectivity index (χ4v) is 5.51. The molecule has 1 aliphatic rings. The van der Waals surface area contributed by atoms with Gasteiger partial charge in [0.15, 0.2) is 16.6 Å². The van der Waals surface area contributed by atoms with Crippen LogP contribution < -0.4 is 14.4 Å². The number of aliphatic hydroxyl groups excluding tert-OH is 1. The van der Waals surface area contributed by atoms with E-state index < -0.39 is 17.7 Å². The van der Waals surface area contributed by atoms with Crippen LogP contribution in [0.5, 0.6) is 11.5 Å². The number of aromatic nitrogens is 1. The fraction of sp³-hybridized carbons (Fsp3) is 0.115. The second kappa shape index (κ2) is 9.46. The third kappa shape index (κ3) is 4.07. The number of hydrogen-bond acceptors (Lipinski definition) is 7. The largest absolute Gasteiger partial charge is 0.507 e. The number of fused-ring (bicyclic) bond motifs is 1. The highest BCUT2D eigenvalue weighted by Gasteiger charge is 2.48. The molecule has 1 saturated heterocycles. The number of ether oxygens (including phenoxy) is 2. The Labute approximate surface area is 220 Å². The van der Waals surface area contributed by atoms with Crippen molar-refractivity contribution in [3.63, 3.8) is 0 Å². The first-order valence-corrected chi connectivity index (χ1v) is 12.2. The van der Waals surface area contributed by atoms with Crippen molar-refractivity contribution >= 4 is 67.3 Å². The van der Waals surface area contributed by atoms with Crippen molar-refractivity contribution in [2.75, 3.05) is 19.1 Å². The van der Waals surface area contributed by atoms with Crippen LogP contribution in [0.3, 0.4) is 0 Å². The summed E-state index contributed by atoms with van der Waals surface area (Å²) in [5.74, 6) is -1.08. The van der Waals surface area contributed by atoms with E-state index in [2.05, 4.69) is 4.98 Å². The van der Waals surface area contributed by atoms with Crippen molar-refractivity contribution in [2.45, 2.75) is 6.04 Å². The Balaban J connectivity index is 1.75. The van der Waals surface area contributed by atoms with Gasteiger partial charge in [-0.1, -0.05) is 40.6 Å². The van der Waals surface area contributed by atoms with Gasteiger partial charge in [0.1, 0.15) is 5.76 Å². The smallest absolute Gasteiger partial charge is 0.301 e. The van der Waals surface area contributed by atoms with Gasteiger partial charge < -0.3 is 14.6 Å². The number of rotatable bonds is 5. The second-order valence-electron chi connectivity index (χ2n) is 7.90. The maximum absolute atomic E-state index is 13.4. The molecule has 1 aliphatic heterocycles. The van der Waals surface area contributed by atoms with Crippen LogP contribution in [0.4, 0.5) is 5.13 Å². The van der Waals surface area contributed by atoms with Gasteiger partial charge in [-0.2, -0.15) is 0 Å². The highest BCUT2D eigenvalue weighted by Crippen LogP contribution is 2.46. The first kappa shape index (κ1) is 24.1. The van der Waals surface area contributed by atoms with Crippen LogP contribution in [-0.2, 0) is 9.59 Å². The normalized spacial score (nSPS) is 17.1. The number of aliphatic hydroxyl groups is 1. The molecule has 0 spiro atoms. The summed E-state index contributed by atoms with van der Waals surface area (Å²) in [6.07, 6.45) is 0. The third-order valence-corrected chi connectivity index (χ3v) is 7.34. The van der Waals surface area contributed by atoms with Crippen molar-refractivity contribution in [3.05, 3.63) is 87.4 Å². The quantitative estimate of drug-likeness (QED) is 0.183. The minimum atomic E-state index is -0.975. The summed E-state index contributed by atoms with van der Waals surface area (Å²) in [4.78, 5) is 32.7. The van der Waals surface area contributed by atoms with E-state index in [9.17, 15) is 14.7 Å². The Kier molecular flexibility index (Phi) is 6.34. The highest BCUT2D eigenvalue weighted by molar-refractivity contribution is 7.22. The van der Waals surface area contributed by atoms with E-state index in [-0.39, 0.29) is 11.3 Å². The number of benzene rings is 3. The number of anilines is 1. The summed E-state index contributed by atoms with van der Waals surface area (Å²) in [6, 6.07) is 15.6. The summed E-state index contributed by atoms with van der Waals surface area (Å²) in [7, 11) is 3.00. The number of carbonyl (C=O) groups is 2. The van der Waals surface area contributed by atoms with E-state index in [1.54, 1.807) is 60.7 Å². The summed E-state index contributed by atoms with van der Waals surface area (Å²) >= 11 is 13.4. The second-order valence-corrected chi connectivity index (χ2v) is 9.78. The lowest BCUT2D eigenvalue weighted by molar-refractivity contribution is -0.132. The van der Waals surface area contributed by atoms with Crippen LogP contribution in [0.25, 0.3) is 16.0 Å². The third-order valence-electron chi connectivity index (χ3n) is 5.83. The van der Waals surface area contributed by atoms with Crippen LogP contribution in [0.1, 0.15) is 17.2 Å². The van der Waals surface area contributed by atoms with E-state index in [0.29, 0.717) is 43.3 Å². The molecule has 36 heavy (non-hydrogen) atoms. The summed E-state index contributed by atoms with van der Waals surface area (Å²) in [6.45, 7) is 0. The number of halogens is 2. The zero-order chi connectivity index (χ0) is 25.6. The average molecular weight is 541 g/mol. The van der Waals surface area contributed by atoms with Crippen LogP contribution in [-0.4, -0.2) is 36.0 Å². The number of nitrogens with zero attached hydrogens (tertiary/aromatic N) is 2. The van der Waals surface area contributed by atoms with Gasteiger partial charge in [0.05, 0.1) is 36.1 Å². The highest BCUT2D eigenvalue weighted by atomic mass is 35.5. The molecule has 1 N–H and O–H groups in total. The Hall–Kier alpha value is -3.59. The summed E-state index contributed by atoms with van der Waals surface area (Å²) < 4.78 is 11.5. The number of methoxy groups -OCH3 is 2. The Bertz CT molecular complexity index is 1550. The standard InChI is InChI=1S/C26H18Cl2N2O5S/c1-34-18-10-5-14(11-19(18)35-2)22-21(23(31)13-3-6-15(27)7-4-13)24(32)25(33)30(22)26-29-17-9-8-16(28)12-20(17)36-26/h3-12,22,31H,1-2H3. The topological polar surface area (TPSA) is 89.0 Å². The van der Waals surface area contributed by atoms with Gasteiger partial charge >= 0.3 is 5.91 Å². The van der Waals surface area contributed by atoms with E-state index in [0.717, 1.165) is 4.70 Å². The van der Waals surface area contributed by atoms with Gasteiger partial charge in [-0.05, 0) is 60.2 Å². The van der Waals surface area contributed by atoms with Crippen LogP contribution in [0.2, 0.25) is 10.0 Å². The molecule has 1 atom stereocenters. The molecule has 0 bridgehead atoms. The predicted molar refractivity (Wildman–Crippen MR) is 140 cm³/mol. The molecule has 1 aromatic heterocycles. The van der Waals surface area contributed by atoms with Crippen LogP contribution >= 0.6 is 34.5 Å². The molecule has 182 valence electrons. The minimum Gasteiger partial charge on any atom is -0.507 e. The van der Waals surface area contributed by atoms with Gasteiger partial charge in [-0.25, -0.2) is 4.98 Å². The molecular weight excluding hydrogens is 523 g/mol. The Morgan fingerprint density at radius 2 is 1.64 bits per heavy atom.